The van der Waals surface area contributed by atoms with E-state index in [2.05, 4.69) is 14.9 Å². The Morgan fingerprint density at radius 2 is 2.09 bits per heavy atom. The van der Waals surface area contributed by atoms with E-state index in [9.17, 15) is 5.11 Å². The van der Waals surface area contributed by atoms with Crippen LogP contribution in [0.25, 0.3) is 0 Å². The zero-order chi connectivity index (χ0) is 15.7. The van der Waals surface area contributed by atoms with Gasteiger partial charge in [-0.05, 0) is 17.7 Å². The first kappa shape index (κ1) is 14.9. The van der Waals surface area contributed by atoms with Gasteiger partial charge in [0.25, 0.3) is 0 Å². The van der Waals surface area contributed by atoms with E-state index in [1.807, 2.05) is 24.3 Å². The molecule has 3 N–H and O–H groups in total. The number of halogens is 1. The van der Waals surface area contributed by atoms with Crippen LogP contribution in [0.3, 0.4) is 0 Å². The van der Waals surface area contributed by atoms with Crippen molar-refractivity contribution in [1.29, 1.82) is 0 Å². The number of aliphatic hydroxyl groups excluding tert-OH is 1. The largest absolute Gasteiger partial charge is 0.497 e. The van der Waals surface area contributed by atoms with Crippen molar-refractivity contribution in [2.75, 3.05) is 30.9 Å². The molecule has 7 heteroatoms. The maximum absolute atomic E-state index is 9.57. The number of benzene rings is 1. The fourth-order valence-corrected chi connectivity index (χ4v) is 3.05. The normalized spacial score (nSPS) is 16.7. The minimum Gasteiger partial charge on any atom is -0.497 e. The second kappa shape index (κ2) is 5.98. The molecule has 0 saturated heterocycles. The van der Waals surface area contributed by atoms with Crippen molar-refractivity contribution in [3.8, 4) is 5.75 Å². The molecule has 2 heterocycles. The molecule has 22 heavy (non-hydrogen) atoms. The monoisotopic (exact) mass is 320 g/mol. The molecule has 0 amide bonds. The van der Waals surface area contributed by atoms with Gasteiger partial charge in [0.2, 0.25) is 5.95 Å². The van der Waals surface area contributed by atoms with E-state index in [0.29, 0.717) is 24.1 Å². The highest BCUT2D eigenvalue weighted by atomic mass is 35.5. The molecule has 0 radical (unpaired) electrons. The van der Waals surface area contributed by atoms with Gasteiger partial charge in [-0.2, -0.15) is 4.98 Å². The van der Waals surface area contributed by atoms with Gasteiger partial charge in [0.1, 0.15) is 16.7 Å². The summed E-state index contributed by atoms with van der Waals surface area (Å²) in [5.41, 5.74) is 7.58. The maximum Gasteiger partial charge on any atom is 0.223 e. The van der Waals surface area contributed by atoms with E-state index >= 15 is 0 Å². The molecule has 1 aromatic carbocycles. The van der Waals surface area contributed by atoms with Crippen molar-refractivity contribution in [3.63, 3.8) is 0 Å². The number of aromatic nitrogens is 2. The highest BCUT2D eigenvalue weighted by molar-refractivity contribution is 6.30. The minimum absolute atomic E-state index is 0.000882. The lowest BCUT2D eigenvalue weighted by Gasteiger charge is -2.19. The highest BCUT2D eigenvalue weighted by Crippen LogP contribution is 2.39. The van der Waals surface area contributed by atoms with Gasteiger partial charge in [0, 0.05) is 24.6 Å². The molecule has 0 saturated carbocycles. The number of fused-ring (bicyclic) bond motifs is 1. The lowest BCUT2D eigenvalue weighted by molar-refractivity contribution is 0.270. The SMILES string of the molecule is COc1ccc(CN2C[C@H](CO)c3c(Cl)nc(N)nc32)cc1. The van der Waals surface area contributed by atoms with Gasteiger partial charge < -0.3 is 20.5 Å². The summed E-state index contributed by atoms with van der Waals surface area (Å²) in [5, 5.41) is 9.89. The molecular weight excluding hydrogens is 304 g/mol. The molecule has 0 spiro atoms. The zero-order valence-electron chi connectivity index (χ0n) is 12.2. The Morgan fingerprint density at radius 3 is 2.73 bits per heavy atom. The van der Waals surface area contributed by atoms with Crippen LogP contribution in [0.15, 0.2) is 24.3 Å². The van der Waals surface area contributed by atoms with Crippen LogP contribution >= 0.6 is 11.6 Å². The van der Waals surface area contributed by atoms with Crippen LogP contribution in [0.1, 0.15) is 17.0 Å². The molecule has 3 rings (SSSR count). The predicted octanol–water partition coefficient (Wildman–Crippen LogP) is 1.82. The Kier molecular flexibility index (Phi) is 4.04. The number of nitrogens with zero attached hydrogens (tertiary/aromatic N) is 3. The van der Waals surface area contributed by atoms with Crippen LogP contribution < -0.4 is 15.4 Å². The number of hydrogen-bond donors (Lipinski definition) is 2. The summed E-state index contributed by atoms with van der Waals surface area (Å²) in [6.45, 7) is 1.29. The summed E-state index contributed by atoms with van der Waals surface area (Å²) in [6.07, 6.45) is 0. The molecule has 1 aliphatic heterocycles. The van der Waals surface area contributed by atoms with Crippen molar-refractivity contribution in [3.05, 3.63) is 40.5 Å². The van der Waals surface area contributed by atoms with E-state index in [4.69, 9.17) is 22.1 Å². The number of anilines is 2. The average Bonchev–Trinajstić information content (AvgIpc) is 2.86. The van der Waals surface area contributed by atoms with Gasteiger partial charge in [0.05, 0.1) is 13.7 Å². The van der Waals surface area contributed by atoms with Crippen molar-refractivity contribution < 1.29 is 9.84 Å². The first-order chi connectivity index (χ1) is 10.6. The van der Waals surface area contributed by atoms with Crippen LogP contribution in [0, 0.1) is 0 Å². The molecule has 0 unspecified atom stereocenters. The highest BCUT2D eigenvalue weighted by Gasteiger charge is 2.33. The average molecular weight is 321 g/mol. The summed E-state index contributed by atoms with van der Waals surface area (Å²) in [6, 6.07) is 7.82. The quantitative estimate of drug-likeness (QED) is 0.836. The van der Waals surface area contributed by atoms with Crippen LogP contribution in [0.2, 0.25) is 5.15 Å². The van der Waals surface area contributed by atoms with Crippen molar-refractivity contribution in [2.24, 2.45) is 0 Å². The molecule has 1 aliphatic rings. The Labute approximate surface area is 133 Å². The summed E-state index contributed by atoms with van der Waals surface area (Å²) < 4.78 is 5.16. The van der Waals surface area contributed by atoms with E-state index in [0.717, 1.165) is 16.9 Å². The Morgan fingerprint density at radius 1 is 1.36 bits per heavy atom. The zero-order valence-corrected chi connectivity index (χ0v) is 12.9. The Balaban J connectivity index is 1.90. The van der Waals surface area contributed by atoms with Gasteiger partial charge >= 0.3 is 0 Å². The van der Waals surface area contributed by atoms with E-state index in [-0.39, 0.29) is 18.5 Å². The second-order valence-electron chi connectivity index (χ2n) is 5.22. The third-order valence-electron chi connectivity index (χ3n) is 3.80. The molecule has 1 atom stereocenters. The lowest BCUT2D eigenvalue weighted by Crippen LogP contribution is -2.23. The van der Waals surface area contributed by atoms with Gasteiger partial charge in [0.15, 0.2) is 0 Å². The number of hydrogen-bond acceptors (Lipinski definition) is 6. The Bertz CT molecular complexity index is 678. The van der Waals surface area contributed by atoms with E-state index in [1.54, 1.807) is 7.11 Å². The van der Waals surface area contributed by atoms with Gasteiger partial charge in [-0.1, -0.05) is 23.7 Å². The van der Waals surface area contributed by atoms with Crippen LogP contribution in [-0.4, -0.2) is 35.3 Å². The van der Waals surface area contributed by atoms with Crippen LogP contribution in [-0.2, 0) is 6.54 Å². The first-order valence-corrected chi connectivity index (χ1v) is 7.31. The lowest BCUT2D eigenvalue weighted by atomic mass is 10.1. The minimum atomic E-state index is -0.0960. The van der Waals surface area contributed by atoms with Crippen molar-refractivity contribution >= 4 is 23.4 Å². The summed E-state index contributed by atoms with van der Waals surface area (Å²) in [4.78, 5) is 10.3. The van der Waals surface area contributed by atoms with Gasteiger partial charge in [-0.25, -0.2) is 4.98 Å². The van der Waals surface area contributed by atoms with Crippen LogP contribution in [0.5, 0.6) is 5.75 Å². The smallest absolute Gasteiger partial charge is 0.223 e. The standard InChI is InChI=1S/C15H17ClN4O2/c1-22-11-4-2-9(3-5-11)6-20-7-10(8-21)12-13(16)18-15(17)19-14(12)20/h2-5,10,21H,6-8H2,1H3,(H2,17,18,19)/t10-/m1/s1. The third kappa shape index (κ3) is 2.67. The number of methoxy groups -OCH3 is 1. The molecule has 0 fully saturated rings. The molecular formula is C15H17ClN4O2. The van der Waals surface area contributed by atoms with Gasteiger partial charge in [-0.3, -0.25) is 0 Å². The number of aliphatic hydroxyl groups is 1. The molecule has 0 bridgehead atoms. The van der Waals surface area contributed by atoms with Crippen molar-refractivity contribution in [1.82, 2.24) is 9.97 Å². The third-order valence-corrected chi connectivity index (χ3v) is 4.09. The Hall–Kier alpha value is -2.05. The summed E-state index contributed by atoms with van der Waals surface area (Å²) in [5.74, 6) is 1.56. The predicted molar refractivity (Wildman–Crippen MR) is 85.3 cm³/mol. The fraction of sp³-hybridized carbons (Fsp3) is 0.333. The molecule has 2 aromatic rings. The number of nitrogens with two attached hydrogens (primary N) is 1. The van der Waals surface area contributed by atoms with E-state index in [1.165, 1.54) is 0 Å². The number of ether oxygens (including phenoxy) is 1. The fourth-order valence-electron chi connectivity index (χ4n) is 2.72. The molecule has 1 aromatic heterocycles. The summed E-state index contributed by atoms with van der Waals surface area (Å²) >= 11 is 6.17. The number of rotatable bonds is 4. The topological polar surface area (TPSA) is 84.5 Å². The van der Waals surface area contributed by atoms with Crippen molar-refractivity contribution in [2.45, 2.75) is 12.5 Å². The van der Waals surface area contributed by atoms with E-state index < -0.39 is 0 Å². The first-order valence-electron chi connectivity index (χ1n) is 6.94. The second-order valence-corrected chi connectivity index (χ2v) is 5.58. The van der Waals surface area contributed by atoms with Crippen LogP contribution in [0.4, 0.5) is 11.8 Å². The number of nitrogen functional groups attached to an aromatic ring is 1. The molecule has 0 aliphatic carbocycles. The summed E-state index contributed by atoms with van der Waals surface area (Å²) in [7, 11) is 1.64. The van der Waals surface area contributed by atoms with Gasteiger partial charge in [-0.15, -0.1) is 0 Å². The maximum atomic E-state index is 9.57. The molecule has 116 valence electrons. The molecule has 6 nitrogen and oxygen atoms in total.